The number of pyridine rings is 1. The minimum atomic E-state index is -4.78. The van der Waals surface area contributed by atoms with Crippen molar-refractivity contribution in [3.8, 4) is 11.4 Å². The van der Waals surface area contributed by atoms with E-state index in [1.54, 1.807) is 29.1 Å². The van der Waals surface area contributed by atoms with Crippen LogP contribution in [0.2, 0.25) is 0 Å². The molecule has 1 N–H and O–H groups in total. The number of ether oxygens (including phenoxy) is 1. The molecule has 5 rings (SSSR count). The predicted molar refractivity (Wildman–Crippen MR) is 107 cm³/mol. The smallest absolute Gasteiger partial charge is 0.406 e. The molecule has 0 saturated heterocycles. The third-order valence-corrected chi connectivity index (χ3v) is 5.01. The average Bonchev–Trinajstić information content (AvgIpc) is 3.34. The normalized spacial score (nSPS) is 14.4. The number of nitrogens with zero attached hydrogens (tertiary/aromatic N) is 6. The molecule has 31 heavy (non-hydrogen) atoms. The highest BCUT2D eigenvalue weighted by atomic mass is 19.4. The molecule has 3 aromatic heterocycles. The number of nitrogens with one attached hydrogen (secondary N) is 1. The lowest BCUT2D eigenvalue weighted by Crippen LogP contribution is -2.28. The van der Waals surface area contributed by atoms with Crippen molar-refractivity contribution >= 4 is 22.7 Å². The van der Waals surface area contributed by atoms with Gasteiger partial charge in [0.25, 0.3) is 0 Å². The van der Waals surface area contributed by atoms with Crippen LogP contribution in [0, 0.1) is 0 Å². The first-order chi connectivity index (χ1) is 14.9. The van der Waals surface area contributed by atoms with Crippen molar-refractivity contribution < 1.29 is 17.9 Å². The number of hydrogen-bond donors (Lipinski definition) is 1. The molecule has 0 amide bonds. The van der Waals surface area contributed by atoms with Gasteiger partial charge in [0.05, 0.1) is 24.6 Å². The van der Waals surface area contributed by atoms with Crippen molar-refractivity contribution in [2.24, 2.45) is 0 Å². The molecule has 0 aliphatic carbocycles. The van der Waals surface area contributed by atoms with E-state index in [0.29, 0.717) is 35.2 Å². The Hall–Kier alpha value is -3.89. The van der Waals surface area contributed by atoms with Gasteiger partial charge in [-0.25, -0.2) is 19.9 Å². The van der Waals surface area contributed by atoms with E-state index in [4.69, 9.17) is 4.98 Å². The molecule has 1 aliphatic heterocycles. The number of fused-ring (bicyclic) bond motifs is 2. The Kier molecular flexibility index (Phi) is 4.38. The number of alkyl halides is 3. The molecule has 0 unspecified atom stereocenters. The van der Waals surface area contributed by atoms with Crippen LogP contribution >= 0.6 is 0 Å². The lowest BCUT2D eigenvalue weighted by Gasteiger charge is -2.26. The second-order valence-electron chi connectivity index (χ2n) is 6.93. The molecule has 0 bridgehead atoms. The van der Waals surface area contributed by atoms with Crippen LogP contribution in [-0.4, -0.2) is 37.5 Å². The Morgan fingerprint density at radius 1 is 1.16 bits per heavy atom. The van der Waals surface area contributed by atoms with Crippen molar-refractivity contribution in [1.29, 1.82) is 0 Å². The minimum absolute atomic E-state index is 0.263. The van der Waals surface area contributed by atoms with E-state index in [1.165, 1.54) is 24.5 Å². The second-order valence-corrected chi connectivity index (χ2v) is 6.93. The number of anilines is 2. The molecule has 4 aromatic rings. The van der Waals surface area contributed by atoms with Gasteiger partial charge in [0.15, 0.2) is 11.5 Å². The van der Waals surface area contributed by atoms with Gasteiger partial charge >= 0.3 is 6.36 Å². The Labute approximate surface area is 174 Å². The third-order valence-electron chi connectivity index (χ3n) is 5.01. The van der Waals surface area contributed by atoms with Crippen LogP contribution in [0.15, 0.2) is 55.1 Å². The van der Waals surface area contributed by atoms with Crippen LogP contribution in [0.4, 0.5) is 24.7 Å². The van der Waals surface area contributed by atoms with Gasteiger partial charge in [0.2, 0.25) is 0 Å². The zero-order chi connectivity index (χ0) is 21.6. The van der Waals surface area contributed by atoms with E-state index in [9.17, 15) is 13.2 Å². The first-order valence-electron chi connectivity index (χ1n) is 9.41. The molecule has 1 aromatic carbocycles. The molecular weight excluding hydrogens is 411 g/mol. The van der Waals surface area contributed by atoms with Crippen LogP contribution in [-0.2, 0) is 0 Å². The summed E-state index contributed by atoms with van der Waals surface area (Å²) in [5.41, 5.74) is 2.44. The van der Waals surface area contributed by atoms with E-state index in [1.807, 2.05) is 17.9 Å². The van der Waals surface area contributed by atoms with Crippen molar-refractivity contribution in [3.05, 3.63) is 60.9 Å². The van der Waals surface area contributed by atoms with Crippen LogP contribution in [0.3, 0.4) is 0 Å². The SMILES string of the molecule is C[C@@H](c1nc2cccnc2n1-c1cccc(OC(F)(F)F)c1)N1CNc2ncncc21. The van der Waals surface area contributed by atoms with Crippen LogP contribution in [0.1, 0.15) is 18.8 Å². The number of halogens is 3. The fourth-order valence-corrected chi connectivity index (χ4v) is 3.68. The van der Waals surface area contributed by atoms with E-state index >= 15 is 0 Å². The molecule has 11 heteroatoms. The maximum Gasteiger partial charge on any atom is 0.573 e. The molecule has 4 heterocycles. The van der Waals surface area contributed by atoms with Crippen molar-refractivity contribution in [2.75, 3.05) is 16.9 Å². The minimum Gasteiger partial charge on any atom is -0.406 e. The summed E-state index contributed by atoms with van der Waals surface area (Å²) >= 11 is 0. The van der Waals surface area contributed by atoms with E-state index in [0.717, 1.165) is 5.69 Å². The number of imidazole rings is 1. The average molecular weight is 427 g/mol. The highest BCUT2D eigenvalue weighted by molar-refractivity contribution is 5.75. The number of benzene rings is 1. The number of aromatic nitrogens is 5. The van der Waals surface area contributed by atoms with Crippen molar-refractivity contribution in [2.45, 2.75) is 19.3 Å². The van der Waals surface area contributed by atoms with Crippen molar-refractivity contribution in [1.82, 2.24) is 24.5 Å². The largest absolute Gasteiger partial charge is 0.573 e. The summed E-state index contributed by atoms with van der Waals surface area (Å²) in [5.74, 6) is 1.00. The summed E-state index contributed by atoms with van der Waals surface area (Å²) in [7, 11) is 0. The molecule has 1 aliphatic rings. The second kappa shape index (κ2) is 7.11. The van der Waals surface area contributed by atoms with Crippen LogP contribution < -0.4 is 15.0 Å². The maximum atomic E-state index is 12.7. The Bertz CT molecular complexity index is 1260. The first kappa shape index (κ1) is 19.1. The quantitative estimate of drug-likeness (QED) is 0.526. The molecule has 0 radical (unpaired) electrons. The zero-order valence-corrected chi connectivity index (χ0v) is 16.2. The summed E-state index contributed by atoms with van der Waals surface area (Å²) < 4.78 is 44.1. The van der Waals surface area contributed by atoms with Gasteiger partial charge in [0, 0.05) is 12.3 Å². The molecule has 1 atom stereocenters. The lowest BCUT2D eigenvalue weighted by molar-refractivity contribution is -0.274. The Balaban J connectivity index is 1.63. The summed E-state index contributed by atoms with van der Waals surface area (Å²) in [6.07, 6.45) is 0.00763. The molecule has 0 fully saturated rings. The van der Waals surface area contributed by atoms with Crippen molar-refractivity contribution in [3.63, 3.8) is 0 Å². The zero-order valence-electron chi connectivity index (χ0n) is 16.2. The van der Waals surface area contributed by atoms with Gasteiger partial charge in [-0.05, 0) is 31.2 Å². The van der Waals surface area contributed by atoms with E-state index < -0.39 is 6.36 Å². The molecule has 8 nitrogen and oxygen atoms in total. The van der Waals surface area contributed by atoms with Crippen LogP contribution in [0.5, 0.6) is 5.75 Å². The lowest BCUT2D eigenvalue weighted by atomic mass is 10.2. The van der Waals surface area contributed by atoms with Gasteiger partial charge in [-0.2, -0.15) is 0 Å². The van der Waals surface area contributed by atoms with Gasteiger partial charge < -0.3 is 15.0 Å². The van der Waals surface area contributed by atoms with Gasteiger partial charge in [-0.1, -0.05) is 6.07 Å². The molecule has 0 spiro atoms. The summed E-state index contributed by atoms with van der Waals surface area (Å²) in [5, 5.41) is 3.21. The predicted octanol–water partition coefficient (Wildman–Crippen LogP) is 4.06. The van der Waals surface area contributed by atoms with Gasteiger partial charge in [-0.15, -0.1) is 13.2 Å². The monoisotopic (exact) mass is 427 g/mol. The molecular formula is C20H16F3N7O. The highest BCUT2D eigenvalue weighted by Crippen LogP contribution is 2.36. The topological polar surface area (TPSA) is 81.0 Å². The molecule has 158 valence electrons. The third kappa shape index (κ3) is 3.47. The van der Waals surface area contributed by atoms with Crippen LogP contribution in [0.25, 0.3) is 16.9 Å². The van der Waals surface area contributed by atoms with E-state index in [-0.39, 0.29) is 11.8 Å². The first-order valence-corrected chi connectivity index (χ1v) is 9.41. The summed E-state index contributed by atoms with van der Waals surface area (Å²) in [6.45, 7) is 2.45. The fraction of sp³-hybridized carbons (Fsp3) is 0.200. The van der Waals surface area contributed by atoms with E-state index in [2.05, 4.69) is 25.0 Å². The fourth-order valence-electron chi connectivity index (χ4n) is 3.68. The summed E-state index contributed by atoms with van der Waals surface area (Å²) in [4.78, 5) is 19.5. The number of rotatable bonds is 4. The standard InChI is InChI=1S/C20H16F3N7O/c1-12(29-11-27-17-16(29)9-24-10-26-17)18-28-15-6-3-7-25-19(15)30(18)13-4-2-5-14(8-13)31-20(21,22)23/h2-10,12H,11H2,1H3,(H,24,26,27)/t12-/m0/s1. The Morgan fingerprint density at radius 2 is 2.03 bits per heavy atom. The number of hydrogen-bond acceptors (Lipinski definition) is 7. The summed E-state index contributed by atoms with van der Waals surface area (Å²) in [6, 6.07) is 9.07. The maximum absolute atomic E-state index is 12.7. The Morgan fingerprint density at radius 3 is 2.87 bits per heavy atom. The highest BCUT2D eigenvalue weighted by Gasteiger charge is 2.32. The van der Waals surface area contributed by atoms with Gasteiger partial charge in [-0.3, -0.25) is 4.57 Å². The van der Waals surface area contributed by atoms with Gasteiger partial charge in [0.1, 0.15) is 29.1 Å². The molecule has 0 saturated carbocycles.